The quantitative estimate of drug-likeness (QED) is 0.547. The molecule has 0 spiro atoms. The molecule has 2 rings (SSSR count). The molecule has 6 nitrogen and oxygen atoms in total. The molecular formula is C8H10N4O2. The van der Waals surface area contributed by atoms with Crippen molar-refractivity contribution < 1.29 is 9.60 Å². The minimum atomic E-state index is -3.01. The molecule has 0 aliphatic heterocycles. The zero-order valence-electron chi connectivity index (χ0n) is 13.9. The van der Waals surface area contributed by atoms with Crippen LogP contribution in [0.2, 0.25) is 0 Å². The Balaban J connectivity index is 3.17. The SMILES string of the molecule is [2H]Cn1c([2H])nc2c1c(=O)n(C([2H])[2H])c(=O)n2C([2H])([2H])[2H]. The van der Waals surface area contributed by atoms with E-state index in [9.17, 15) is 9.59 Å². The molecular weight excluding hydrogens is 184 g/mol. The van der Waals surface area contributed by atoms with Gasteiger partial charge in [-0.05, 0) is 0 Å². The lowest BCUT2D eigenvalue weighted by molar-refractivity contribution is 0.705. The van der Waals surface area contributed by atoms with Gasteiger partial charge < -0.3 is 4.57 Å². The monoisotopic (exact) mass is 201 g/mol. The number of hydrogen-bond donors (Lipinski definition) is 0. The molecule has 0 unspecified atom stereocenters. The zero-order valence-corrected chi connectivity index (χ0v) is 6.89. The average molecular weight is 201 g/mol. The van der Waals surface area contributed by atoms with Gasteiger partial charge in [-0.2, -0.15) is 0 Å². The fourth-order valence-corrected chi connectivity index (χ4v) is 1.10. The first-order valence-corrected chi connectivity index (χ1v) is 3.50. The van der Waals surface area contributed by atoms with Crippen molar-refractivity contribution in [3.63, 3.8) is 0 Å². The van der Waals surface area contributed by atoms with E-state index < -0.39 is 49.7 Å². The molecule has 0 amide bonds. The molecule has 0 atom stereocenters. The summed E-state index contributed by atoms with van der Waals surface area (Å²) in [6.45, 7) is -5.07. The maximum absolute atomic E-state index is 12.2. The van der Waals surface area contributed by atoms with E-state index in [0.29, 0.717) is 0 Å². The third kappa shape index (κ3) is 0.876. The second-order valence-electron chi connectivity index (χ2n) is 2.61. The van der Waals surface area contributed by atoms with E-state index in [0.717, 1.165) is 4.57 Å². The van der Waals surface area contributed by atoms with E-state index in [1.54, 1.807) is 0 Å². The Morgan fingerprint density at radius 3 is 3.00 bits per heavy atom. The Bertz CT molecular complexity index is 815. The third-order valence-corrected chi connectivity index (χ3v) is 1.79. The maximum atomic E-state index is 12.2. The molecule has 0 bridgehead atoms. The van der Waals surface area contributed by atoms with Gasteiger partial charge >= 0.3 is 5.69 Å². The van der Waals surface area contributed by atoms with Gasteiger partial charge in [-0.1, -0.05) is 0 Å². The number of fused-ring (bicyclic) bond motifs is 1. The summed E-state index contributed by atoms with van der Waals surface area (Å²) in [6.07, 6.45) is -0.557. The highest BCUT2D eigenvalue weighted by atomic mass is 16.2. The van der Waals surface area contributed by atoms with Gasteiger partial charge in [-0.3, -0.25) is 13.9 Å². The molecule has 6 heteroatoms. The van der Waals surface area contributed by atoms with Crippen molar-refractivity contribution in [1.29, 1.82) is 0 Å². The van der Waals surface area contributed by atoms with Crippen molar-refractivity contribution in [2.24, 2.45) is 21.0 Å². The standard InChI is InChI=1S/C8H10N4O2/c1-10-4-9-6-5(10)7(13)12(3)8(14)11(6)2/h4H,1-3H3/i1D,2D3,3D2,4D. The maximum Gasteiger partial charge on any atom is 0.332 e. The molecule has 0 aliphatic rings. The third-order valence-electron chi connectivity index (χ3n) is 1.79. The minimum Gasteiger partial charge on any atom is -0.328 e. The van der Waals surface area contributed by atoms with Gasteiger partial charge in [0, 0.05) is 29.2 Å². The van der Waals surface area contributed by atoms with Crippen LogP contribution in [0, 0.1) is 0 Å². The van der Waals surface area contributed by atoms with Crippen molar-refractivity contribution in [1.82, 2.24) is 18.7 Å². The first-order chi connectivity index (χ1) is 9.61. The van der Waals surface area contributed by atoms with E-state index in [4.69, 9.17) is 9.60 Å². The number of imidazole rings is 1. The Labute approximate surface area is 88.9 Å². The van der Waals surface area contributed by atoms with Crippen molar-refractivity contribution in [2.45, 2.75) is 0 Å². The van der Waals surface area contributed by atoms with Gasteiger partial charge in [0.05, 0.1) is 6.30 Å². The second-order valence-corrected chi connectivity index (χ2v) is 2.61. The van der Waals surface area contributed by atoms with Gasteiger partial charge in [0.15, 0.2) is 11.2 Å². The van der Waals surface area contributed by atoms with E-state index in [-0.39, 0.29) is 9.13 Å². The molecule has 0 saturated carbocycles. The van der Waals surface area contributed by atoms with Crippen molar-refractivity contribution in [3.05, 3.63) is 27.1 Å². The van der Waals surface area contributed by atoms with Crippen LogP contribution >= 0.6 is 0 Å². The second kappa shape index (κ2) is 2.57. The van der Waals surface area contributed by atoms with Crippen LogP contribution in [0.15, 0.2) is 15.9 Å². The van der Waals surface area contributed by atoms with Crippen molar-refractivity contribution >= 4 is 11.2 Å². The summed E-state index contributed by atoms with van der Waals surface area (Å²) in [5, 5.41) is 0. The van der Waals surface area contributed by atoms with Crippen LogP contribution in [0.5, 0.6) is 0 Å². The molecule has 14 heavy (non-hydrogen) atoms. The summed E-state index contributed by atoms with van der Waals surface area (Å²) in [4.78, 5) is 27.8. The lowest BCUT2D eigenvalue weighted by Gasteiger charge is -2.02. The average Bonchev–Trinajstić information content (AvgIpc) is 2.62. The minimum absolute atomic E-state index is 0.127. The molecule has 0 saturated heterocycles. The van der Waals surface area contributed by atoms with Gasteiger partial charge in [-0.25, -0.2) is 9.78 Å². The molecule has 0 fully saturated rings. The predicted octanol–water partition coefficient (Wildman–Crippen LogP) is -1.03. The smallest absolute Gasteiger partial charge is 0.328 e. The van der Waals surface area contributed by atoms with Crippen LogP contribution in [-0.2, 0) is 21.0 Å². The molecule has 2 aromatic rings. The normalized spacial score (nSPS) is 19.4. The van der Waals surface area contributed by atoms with Gasteiger partial charge in [0.1, 0.15) is 1.37 Å². The zero-order chi connectivity index (χ0) is 16.1. The number of hydrogen-bond acceptors (Lipinski definition) is 3. The topological polar surface area (TPSA) is 61.8 Å². The van der Waals surface area contributed by atoms with Crippen molar-refractivity contribution in [2.75, 3.05) is 0 Å². The molecule has 2 aromatic heterocycles. The van der Waals surface area contributed by atoms with Crippen LogP contribution in [0.25, 0.3) is 11.2 Å². The summed E-state index contributed by atoms with van der Waals surface area (Å²) in [5.41, 5.74) is -3.52. The van der Waals surface area contributed by atoms with E-state index in [1.807, 2.05) is 0 Å². The summed E-state index contributed by atoms with van der Waals surface area (Å²) in [6, 6.07) is 0. The van der Waals surface area contributed by atoms with Gasteiger partial charge in [0.25, 0.3) is 5.56 Å². The lowest BCUT2D eigenvalue weighted by atomic mass is 10.5. The summed E-state index contributed by atoms with van der Waals surface area (Å²) >= 11 is 0. The largest absolute Gasteiger partial charge is 0.332 e. The van der Waals surface area contributed by atoms with Crippen LogP contribution in [-0.4, -0.2) is 18.7 Å². The first kappa shape index (κ1) is 3.72. The Morgan fingerprint density at radius 2 is 2.36 bits per heavy atom. The lowest BCUT2D eigenvalue weighted by Crippen LogP contribution is -2.37. The number of aromatic nitrogens is 4. The first-order valence-electron chi connectivity index (χ1n) is 7.36. The highest BCUT2D eigenvalue weighted by molar-refractivity contribution is 5.69. The number of nitrogens with zero attached hydrogens (tertiary/aromatic N) is 4. The fraction of sp³-hybridized carbons (Fsp3) is 0.375. The van der Waals surface area contributed by atoms with Crippen LogP contribution in [0.4, 0.5) is 0 Å². The Morgan fingerprint density at radius 1 is 1.50 bits per heavy atom. The summed E-state index contributed by atoms with van der Waals surface area (Å²) < 4.78 is 52.4. The van der Waals surface area contributed by atoms with E-state index in [2.05, 4.69) is 4.98 Å². The summed E-state index contributed by atoms with van der Waals surface area (Å²) in [5.74, 6) is 0. The Kier molecular flexibility index (Phi) is 0.682. The fourth-order valence-electron chi connectivity index (χ4n) is 1.10. The number of aryl methyl sites for hydroxylation is 2. The van der Waals surface area contributed by atoms with Gasteiger partial charge in [0.2, 0.25) is 0 Å². The molecule has 0 aromatic carbocycles. The predicted molar refractivity (Wildman–Crippen MR) is 51.2 cm³/mol. The highest BCUT2D eigenvalue weighted by Gasteiger charge is 2.11. The molecule has 0 radical (unpaired) electrons. The Hall–Kier alpha value is -1.85. The molecule has 0 N–H and O–H groups in total. The van der Waals surface area contributed by atoms with Gasteiger partial charge in [-0.15, -0.1) is 0 Å². The van der Waals surface area contributed by atoms with E-state index >= 15 is 0 Å². The molecule has 74 valence electrons. The van der Waals surface area contributed by atoms with Crippen LogP contribution in [0.3, 0.4) is 0 Å². The van der Waals surface area contributed by atoms with Crippen LogP contribution < -0.4 is 11.2 Å². The van der Waals surface area contributed by atoms with Crippen molar-refractivity contribution in [3.8, 4) is 0 Å². The summed E-state index contributed by atoms with van der Waals surface area (Å²) in [7, 11) is -0.593. The highest BCUT2D eigenvalue weighted by Crippen LogP contribution is 2.01. The molecule has 2 heterocycles. The van der Waals surface area contributed by atoms with Crippen LogP contribution in [0.1, 0.15) is 9.60 Å². The van der Waals surface area contributed by atoms with E-state index in [1.165, 1.54) is 0 Å². The molecule has 0 aliphatic carbocycles. The number of rotatable bonds is 0.